The first-order valence-electron chi connectivity index (χ1n) is 5.24. The maximum Gasteiger partial charge on any atom is 0.241 e. The van der Waals surface area contributed by atoms with E-state index in [0.717, 1.165) is 6.07 Å². The number of nitrogens with two attached hydrogens (primary N) is 1. The summed E-state index contributed by atoms with van der Waals surface area (Å²) in [5.74, 6) is -2.63. The summed E-state index contributed by atoms with van der Waals surface area (Å²) in [5, 5.41) is 2.28. The maximum atomic E-state index is 13.3. The van der Waals surface area contributed by atoms with Gasteiger partial charge >= 0.3 is 0 Å². The molecule has 0 saturated carbocycles. The van der Waals surface area contributed by atoms with Gasteiger partial charge in [0, 0.05) is 0 Å². The van der Waals surface area contributed by atoms with E-state index in [1.165, 1.54) is 12.1 Å². The van der Waals surface area contributed by atoms with Gasteiger partial charge in [0.15, 0.2) is 11.6 Å². The van der Waals surface area contributed by atoms with Gasteiger partial charge in [-0.3, -0.25) is 4.79 Å². The predicted octanol–water partition coefficient (Wildman–Crippen LogP) is 2.28. The molecule has 1 atom stereocenters. The first-order valence-corrected chi connectivity index (χ1v) is 5.24. The predicted molar refractivity (Wildman–Crippen MR) is 62.4 cm³/mol. The van der Waals surface area contributed by atoms with Crippen molar-refractivity contribution >= 4 is 11.6 Å². The first kappa shape index (κ1) is 13.6. The van der Waals surface area contributed by atoms with Crippen molar-refractivity contribution in [2.45, 2.75) is 26.8 Å². The molecule has 94 valence electrons. The number of carbonyl (C=O) groups excluding carboxylic acids is 1. The van der Waals surface area contributed by atoms with Gasteiger partial charge in [0.2, 0.25) is 5.91 Å². The minimum absolute atomic E-state index is 0.199. The first-order chi connectivity index (χ1) is 7.73. The van der Waals surface area contributed by atoms with Gasteiger partial charge in [-0.1, -0.05) is 26.8 Å². The highest BCUT2D eigenvalue weighted by atomic mass is 19.2. The fraction of sp³-hybridized carbons (Fsp3) is 0.417. The molecule has 17 heavy (non-hydrogen) atoms. The summed E-state index contributed by atoms with van der Waals surface area (Å²) < 4.78 is 26.2. The van der Waals surface area contributed by atoms with E-state index in [9.17, 15) is 13.6 Å². The van der Waals surface area contributed by atoms with Gasteiger partial charge < -0.3 is 11.1 Å². The highest BCUT2D eigenvalue weighted by Gasteiger charge is 2.28. The topological polar surface area (TPSA) is 55.1 Å². The molecule has 3 nitrogen and oxygen atoms in total. The Labute approximate surface area is 99.0 Å². The third kappa shape index (κ3) is 3.23. The molecule has 1 aromatic rings. The Kier molecular flexibility index (Phi) is 3.83. The number of halogens is 2. The Morgan fingerprint density at radius 3 is 2.47 bits per heavy atom. The Hall–Kier alpha value is -1.49. The van der Waals surface area contributed by atoms with Crippen LogP contribution in [0, 0.1) is 17.0 Å². The SMILES string of the molecule is CC(C)(C)[C@H](N)C(=O)Nc1cccc(F)c1F. The zero-order valence-electron chi connectivity index (χ0n) is 10.1. The highest BCUT2D eigenvalue weighted by molar-refractivity contribution is 5.95. The monoisotopic (exact) mass is 242 g/mol. The van der Waals surface area contributed by atoms with Crippen LogP contribution < -0.4 is 11.1 Å². The molecule has 1 rings (SSSR count). The van der Waals surface area contributed by atoms with Gasteiger partial charge in [0.05, 0.1) is 11.7 Å². The second-order valence-electron chi connectivity index (χ2n) is 4.93. The number of hydrogen-bond donors (Lipinski definition) is 2. The zero-order chi connectivity index (χ0) is 13.2. The van der Waals surface area contributed by atoms with Crippen LogP contribution in [0.2, 0.25) is 0 Å². The van der Waals surface area contributed by atoms with Crippen molar-refractivity contribution < 1.29 is 13.6 Å². The largest absolute Gasteiger partial charge is 0.322 e. The normalized spacial score (nSPS) is 13.3. The minimum Gasteiger partial charge on any atom is -0.322 e. The van der Waals surface area contributed by atoms with Gasteiger partial charge in [-0.25, -0.2) is 8.78 Å². The summed E-state index contributed by atoms with van der Waals surface area (Å²) >= 11 is 0. The van der Waals surface area contributed by atoms with E-state index < -0.39 is 29.0 Å². The average Bonchev–Trinajstić information content (AvgIpc) is 2.22. The lowest BCUT2D eigenvalue weighted by Gasteiger charge is -2.25. The van der Waals surface area contributed by atoms with Crippen molar-refractivity contribution in [2.75, 3.05) is 5.32 Å². The number of carbonyl (C=O) groups is 1. The Bertz CT molecular complexity index is 427. The van der Waals surface area contributed by atoms with Gasteiger partial charge in [-0.2, -0.15) is 0 Å². The zero-order valence-corrected chi connectivity index (χ0v) is 10.1. The fourth-order valence-electron chi connectivity index (χ4n) is 1.20. The second kappa shape index (κ2) is 4.79. The number of hydrogen-bond acceptors (Lipinski definition) is 2. The van der Waals surface area contributed by atoms with Crippen molar-refractivity contribution in [3.63, 3.8) is 0 Å². The van der Waals surface area contributed by atoms with Gasteiger partial charge in [0.1, 0.15) is 0 Å². The molecule has 0 saturated heterocycles. The minimum atomic E-state index is -1.08. The lowest BCUT2D eigenvalue weighted by Crippen LogP contribution is -2.45. The lowest BCUT2D eigenvalue weighted by atomic mass is 9.87. The van der Waals surface area contributed by atoms with Crippen molar-refractivity contribution in [2.24, 2.45) is 11.1 Å². The van der Waals surface area contributed by atoms with E-state index in [4.69, 9.17) is 5.73 Å². The van der Waals surface area contributed by atoms with Gasteiger partial charge in [-0.15, -0.1) is 0 Å². The molecule has 0 aliphatic carbocycles. The fourth-order valence-corrected chi connectivity index (χ4v) is 1.20. The quantitative estimate of drug-likeness (QED) is 0.835. The third-order valence-electron chi connectivity index (χ3n) is 2.42. The van der Waals surface area contributed by atoms with E-state index in [0.29, 0.717) is 0 Å². The molecule has 1 amide bonds. The average molecular weight is 242 g/mol. The summed E-state index contributed by atoms with van der Waals surface area (Å²) in [6, 6.07) is 2.78. The number of anilines is 1. The molecule has 0 unspecified atom stereocenters. The van der Waals surface area contributed by atoms with E-state index in [-0.39, 0.29) is 5.69 Å². The van der Waals surface area contributed by atoms with Crippen LogP contribution in [-0.4, -0.2) is 11.9 Å². The number of benzene rings is 1. The van der Waals surface area contributed by atoms with Crippen molar-refractivity contribution in [1.82, 2.24) is 0 Å². The summed E-state index contributed by atoms with van der Waals surface area (Å²) in [4.78, 5) is 11.7. The second-order valence-corrected chi connectivity index (χ2v) is 4.93. The maximum absolute atomic E-state index is 13.3. The van der Waals surface area contributed by atoms with Gasteiger partial charge in [-0.05, 0) is 17.5 Å². The van der Waals surface area contributed by atoms with Crippen LogP contribution >= 0.6 is 0 Å². The molecule has 0 aliphatic heterocycles. The molecular weight excluding hydrogens is 226 g/mol. The molecule has 0 aromatic heterocycles. The van der Waals surface area contributed by atoms with Crippen molar-refractivity contribution in [1.29, 1.82) is 0 Å². The number of nitrogens with one attached hydrogen (secondary N) is 1. The van der Waals surface area contributed by atoms with Crippen molar-refractivity contribution in [3.8, 4) is 0 Å². The summed E-state index contributed by atoms with van der Waals surface area (Å²) in [7, 11) is 0. The van der Waals surface area contributed by atoms with Crippen LogP contribution in [0.4, 0.5) is 14.5 Å². The summed E-state index contributed by atoms with van der Waals surface area (Å²) in [5.41, 5.74) is 5.05. The van der Waals surface area contributed by atoms with Crippen LogP contribution in [-0.2, 0) is 4.79 Å². The van der Waals surface area contributed by atoms with Crippen LogP contribution in [0.1, 0.15) is 20.8 Å². The molecule has 3 N–H and O–H groups in total. The van der Waals surface area contributed by atoms with Crippen molar-refractivity contribution in [3.05, 3.63) is 29.8 Å². The van der Waals surface area contributed by atoms with E-state index in [2.05, 4.69) is 5.32 Å². The van der Waals surface area contributed by atoms with Crippen LogP contribution in [0.15, 0.2) is 18.2 Å². The van der Waals surface area contributed by atoms with E-state index >= 15 is 0 Å². The Morgan fingerprint density at radius 1 is 1.35 bits per heavy atom. The standard InChI is InChI=1S/C12H16F2N2O/c1-12(2,3)10(15)11(17)16-8-6-4-5-7(13)9(8)14/h4-6,10H,15H2,1-3H3,(H,16,17)/t10-/m1/s1. The smallest absolute Gasteiger partial charge is 0.241 e. The number of rotatable bonds is 2. The molecular formula is C12H16F2N2O. The van der Waals surface area contributed by atoms with Crippen LogP contribution in [0.25, 0.3) is 0 Å². The lowest BCUT2D eigenvalue weighted by molar-refractivity contribution is -0.119. The summed E-state index contributed by atoms with van der Waals surface area (Å²) in [6.07, 6.45) is 0. The van der Waals surface area contributed by atoms with Crippen LogP contribution in [0.5, 0.6) is 0 Å². The summed E-state index contributed by atoms with van der Waals surface area (Å²) in [6.45, 7) is 5.37. The molecule has 0 spiro atoms. The van der Waals surface area contributed by atoms with E-state index in [1.807, 2.05) is 0 Å². The Balaban J connectivity index is 2.86. The molecule has 0 radical (unpaired) electrons. The molecule has 1 aromatic carbocycles. The highest BCUT2D eigenvalue weighted by Crippen LogP contribution is 2.21. The van der Waals surface area contributed by atoms with Crippen LogP contribution in [0.3, 0.4) is 0 Å². The van der Waals surface area contributed by atoms with Gasteiger partial charge in [0.25, 0.3) is 0 Å². The molecule has 5 heteroatoms. The Morgan fingerprint density at radius 2 is 1.94 bits per heavy atom. The molecule has 0 bridgehead atoms. The third-order valence-corrected chi connectivity index (χ3v) is 2.42. The molecule has 0 heterocycles. The van der Waals surface area contributed by atoms with E-state index in [1.54, 1.807) is 20.8 Å². The number of amides is 1. The molecule has 0 fully saturated rings. The molecule has 0 aliphatic rings.